The van der Waals surface area contributed by atoms with Crippen molar-refractivity contribution in [2.45, 2.75) is 32.9 Å². The van der Waals surface area contributed by atoms with Gasteiger partial charge in [-0.1, -0.05) is 25.5 Å². The number of anilines is 2. The molecule has 0 saturated carbocycles. The van der Waals surface area contributed by atoms with Gasteiger partial charge in [-0.15, -0.1) is 0 Å². The van der Waals surface area contributed by atoms with Crippen LogP contribution in [0.4, 0.5) is 11.4 Å². The summed E-state index contributed by atoms with van der Waals surface area (Å²) in [4.78, 5) is 12.1. The van der Waals surface area contributed by atoms with Crippen LogP contribution in [-0.2, 0) is 13.1 Å². The predicted octanol–water partition coefficient (Wildman–Crippen LogP) is 3.00. The quantitative estimate of drug-likeness (QED) is 0.785. The van der Waals surface area contributed by atoms with Gasteiger partial charge in [0.05, 0.1) is 11.9 Å². The Labute approximate surface area is 132 Å². The molecule has 112 valence electrons. The molecule has 0 aliphatic rings. The van der Waals surface area contributed by atoms with Crippen molar-refractivity contribution in [1.82, 2.24) is 9.78 Å². The summed E-state index contributed by atoms with van der Waals surface area (Å²) in [7, 11) is 0. The van der Waals surface area contributed by atoms with E-state index in [0.717, 1.165) is 24.1 Å². The van der Waals surface area contributed by atoms with Gasteiger partial charge in [-0.25, -0.2) is 4.68 Å². The maximum atomic E-state index is 12.1. The maximum absolute atomic E-state index is 12.1. The average Bonchev–Trinajstić information content (AvgIpc) is 2.49. The topological polar surface area (TPSA) is 72.9 Å². The highest BCUT2D eigenvalue weighted by Gasteiger charge is 2.08. The van der Waals surface area contributed by atoms with E-state index in [1.165, 1.54) is 4.68 Å². The first-order valence-electron chi connectivity index (χ1n) is 6.95. The Hall–Kier alpha value is -1.82. The Kier molecular flexibility index (Phi) is 5.38. The summed E-state index contributed by atoms with van der Waals surface area (Å²) in [6.45, 7) is 3.34. The lowest BCUT2D eigenvalue weighted by atomic mass is 10.2. The minimum absolute atomic E-state index is 0.106. The fourth-order valence-electron chi connectivity index (χ4n) is 1.89. The van der Waals surface area contributed by atoms with Crippen molar-refractivity contribution in [3.05, 3.63) is 50.9 Å². The Morgan fingerprint density at radius 1 is 1.33 bits per heavy atom. The van der Waals surface area contributed by atoms with Gasteiger partial charge >= 0.3 is 0 Å². The van der Waals surface area contributed by atoms with E-state index < -0.39 is 0 Å². The summed E-state index contributed by atoms with van der Waals surface area (Å²) in [5.74, 6) is 0. The second-order valence-corrected chi connectivity index (χ2v) is 5.64. The van der Waals surface area contributed by atoms with Gasteiger partial charge in [0.25, 0.3) is 5.56 Å². The monoisotopic (exact) mass is 350 g/mol. The van der Waals surface area contributed by atoms with E-state index in [1.54, 1.807) is 6.20 Å². The maximum Gasteiger partial charge on any atom is 0.283 e. The molecule has 0 aliphatic heterocycles. The van der Waals surface area contributed by atoms with Crippen LogP contribution in [0.2, 0.25) is 0 Å². The molecule has 0 unspecified atom stereocenters. The third-order valence-corrected chi connectivity index (χ3v) is 3.94. The summed E-state index contributed by atoms with van der Waals surface area (Å²) in [5.41, 5.74) is 8.07. The highest BCUT2D eigenvalue weighted by molar-refractivity contribution is 9.10. The number of aryl methyl sites for hydroxylation is 1. The first kappa shape index (κ1) is 15.6. The van der Waals surface area contributed by atoms with E-state index in [-0.39, 0.29) is 5.56 Å². The second-order valence-electron chi connectivity index (χ2n) is 4.85. The van der Waals surface area contributed by atoms with Crippen molar-refractivity contribution in [2.24, 2.45) is 0 Å². The number of nitrogens with zero attached hydrogens (tertiary/aromatic N) is 2. The lowest BCUT2D eigenvalue weighted by molar-refractivity contribution is 0.541. The molecule has 1 aromatic heterocycles. The zero-order chi connectivity index (χ0) is 15.2. The van der Waals surface area contributed by atoms with Gasteiger partial charge in [0.15, 0.2) is 0 Å². The van der Waals surface area contributed by atoms with Crippen LogP contribution in [0.25, 0.3) is 0 Å². The minimum atomic E-state index is -0.106. The van der Waals surface area contributed by atoms with Gasteiger partial charge < -0.3 is 11.1 Å². The van der Waals surface area contributed by atoms with Crippen molar-refractivity contribution >= 4 is 27.3 Å². The highest BCUT2D eigenvalue weighted by atomic mass is 79.9. The van der Waals surface area contributed by atoms with Crippen molar-refractivity contribution in [1.29, 1.82) is 0 Å². The van der Waals surface area contributed by atoms with Crippen LogP contribution in [0, 0.1) is 0 Å². The van der Waals surface area contributed by atoms with Crippen LogP contribution in [0.3, 0.4) is 0 Å². The summed E-state index contributed by atoms with van der Waals surface area (Å²) >= 11 is 3.35. The van der Waals surface area contributed by atoms with Crippen molar-refractivity contribution in [3.8, 4) is 0 Å². The van der Waals surface area contributed by atoms with Crippen LogP contribution < -0.4 is 16.6 Å². The fraction of sp³-hybridized carbons (Fsp3) is 0.333. The number of aromatic nitrogens is 2. The number of nitrogens with two attached hydrogens (primary N) is 1. The lowest BCUT2D eigenvalue weighted by Crippen LogP contribution is -2.24. The molecule has 2 rings (SSSR count). The molecular formula is C15H19BrN4O. The molecular weight excluding hydrogens is 332 g/mol. The van der Waals surface area contributed by atoms with E-state index >= 15 is 0 Å². The lowest BCUT2D eigenvalue weighted by Gasteiger charge is -2.10. The SMILES string of the molecule is CCCCn1ncc(NCc2ccc(N)cc2)c(Br)c1=O. The molecule has 0 atom stereocenters. The van der Waals surface area contributed by atoms with E-state index in [9.17, 15) is 4.79 Å². The first-order valence-corrected chi connectivity index (χ1v) is 7.75. The standard InChI is InChI=1S/C15H19BrN4O/c1-2-3-8-20-15(21)14(16)13(10-19-20)18-9-11-4-6-12(17)7-5-11/h4-7,10,18H,2-3,8-9,17H2,1H3. The number of nitrogen functional groups attached to an aromatic ring is 1. The number of hydrogen-bond acceptors (Lipinski definition) is 4. The van der Waals surface area contributed by atoms with E-state index in [1.807, 2.05) is 24.3 Å². The Morgan fingerprint density at radius 2 is 2.05 bits per heavy atom. The van der Waals surface area contributed by atoms with Crippen LogP contribution in [0.5, 0.6) is 0 Å². The van der Waals surface area contributed by atoms with Gasteiger partial charge in [0.2, 0.25) is 0 Å². The average molecular weight is 351 g/mol. The van der Waals surface area contributed by atoms with Gasteiger partial charge in [-0.3, -0.25) is 4.79 Å². The van der Waals surface area contributed by atoms with Crippen LogP contribution in [0.1, 0.15) is 25.3 Å². The minimum Gasteiger partial charge on any atom is -0.399 e. The van der Waals surface area contributed by atoms with Crippen LogP contribution in [-0.4, -0.2) is 9.78 Å². The number of rotatable bonds is 6. The largest absolute Gasteiger partial charge is 0.399 e. The Morgan fingerprint density at radius 3 is 2.71 bits per heavy atom. The van der Waals surface area contributed by atoms with Gasteiger partial charge in [0, 0.05) is 18.8 Å². The van der Waals surface area contributed by atoms with E-state index in [0.29, 0.717) is 23.2 Å². The summed E-state index contributed by atoms with van der Waals surface area (Å²) < 4.78 is 2.01. The van der Waals surface area contributed by atoms with E-state index in [4.69, 9.17) is 5.73 Å². The number of unbranched alkanes of at least 4 members (excludes halogenated alkanes) is 1. The molecule has 0 radical (unpaired) electrons. The molecule has 2 aromatic rings. The third kappa shape index (κ3) is 4.07. The summed E-state index contributed by atoms with van der Waals surface area (Å²) in [6, 6.07) is 7.61. The molecule has 0 amide bonds. The molecule has 1 aromatic carbocycles. The molecule has 0 fully saturated rings. The molecule has 21 heavy (non-hydrogen) atoms. The number of halogens is 1. The molecule has 3 N–H and O–H groups in total. The summed E-state index contributed by atoms with van der Waals surface area (Å²) in [5, 5.41) is 7.40. The van der Waals surface area contributed by atoms with Crippen molar-refractivity contribution in [3.63, 3.8) is 0 Å². The van der Waals surface area contributed by atoms with Crippen LogP contribution >= 0.6 is 15.9 Å². The summed E-state index contributed by atoms with van der Waals surface area (Å²) in [6.07, 6.45) is 3.65. The number of nitrogens with one attached hydrogen (secondary N) is 1. The molecule has 5 nitrogen and oxygen atoms in total. The molecule has 0 aliphatic carbocycles. The third-order valence-electron chi connectivity index (χ3n) is 3.17. The molecule has 0 spiro atoms. The van der Waals surface area contributed by atoms with Crippen molar-refractivity contribution in [2.75, 3.05) is 11.1 Å². The van der Waals surface area contributed by atoms with Gasteiger partial charge in [0.1, 0.15) is 4.47 Å². The zero-order valence-corrected chi connectivity index (χ0v) is 13.6. The Bertz CT molecular complexity index is 652. The number of benzene rings is 1. The molecule has 0 bridgehead atoms. The molecule has 6 heteroatoms. The normalized spacial score (nSPS) is 10.6. The van der Waals surface area contributed by atoms with Crippen LogP contribution in [0.15, 0.2) is 39.7 Å². The first-order chi connectivity index (χ1) is 10.1. The smallest absolute Gasteiger partial charge is 0.283 e. The van der Waals surface area contributed by atoms with E-state index in [2.05, 4.69) is 33.3 Å². The predicted molar refractivity (Wildman–Crippen MR) is 89.3 cm³/mol. The van der Waals surface area contributed by atoms with Gasteiger partial charge in [-0.05, 0) is 40.0 Å². The number of hydrogen-bond donors (Lipinski definition) is 2. The van der Waals surface area contributed by atoms with Gasteiger partial charge in [-0.2, -0.15) is 5.10 Å². The fourth-order valence-corrected chi connectivity index (χ4v) is 2.34. The molecule has 0 saturated heterocycles. The highest BCUT2D eigenvalue weighted by Crippen LogP contribution is 2.17. The zero-order valence-electron chi connectivity index (χ0n) is 12.0. The second kappa shape index (κ2) is 7.26. The Balaban J connectivity index is 2.08. The van der Waals surface area contributed by atoms with Crippen molar-refractivity contribution < 1.29 is 0 Å². The molecule has 1 heterocycles.